The van der Waals surface area contributed by atoms with E-state index in [0.29, 0.717) is 11.5 Å². The van der Waals surface area contributed by atoms with Crippen LogP contribution in [0.2, 0.25) is 0 Å². The van der Waals surface area contributed by atoms with Gasteiger partial charge in [-0.2, -0.15) is 0 Å². The lowest BCUT2D eigenvalue weighted by Crippen LogP contribution is -1.93. The maximum Gasteiger partial charge on any atom is 0.180 e. The molecule has 0 aliphatic carbocycles. The second-order valence-electron chi connectivity index (χ2n) is 4.70. The summed E-state index contributed by atoms with van der Waals surface area (Å²) < 4.78 is 0. The van der Waals surface area contributed by atoms with Crippen LogP contribution in [-0.2, 0) is 0 Å². The highest BCUT2D eigenvalue weighted by Crippen LogP contribution is 2.27. The molecule has 0 atom stereocenters. The van der Waals surface area contributed by atoms with E-state index in [1.165, 1.54) is 0 Å². The zero-order chi connectivity index (χ0) is 13.6. The van der Waals surface area contributed by atoms with E-state index in [-0.39, 0.29) is 0 Å². The van der Waals surface area contributed by atoms with Crippen LogP contribution in [-0.4, -0.2) is 15.0 Å². The third kappa shape index (κ3) is 1.89. The number of nitrogen functional groups attached to an aromatic ring is 2. The average Bonchev–Trinajstić information content (AvgIpc) is 2.76. The second kappa shape index (κ2) is 3.98. The molecule has 5 N–H and O–H groups in total. The van der Waals surface area contributed by atoms with Gasteiger partial charge in [0, 0.05) is 11.3 Å². The molecule has 0 amide bonds. The third-order valence-corrected chi connectivity index (χ3v) is 3.31. The van der Waals surface area contributed by atoms with E-state index in [1.54, 1.807) is 6.07 Å². The number of nitrogens with one attached hydrogen (secondary N) is 1. The molecule has 3 rings (SSSR count). The maximum atomic E-state index is 5.91. The largest absolute Gasteiger partial charge is 0.399 e. The van der Waals surface area contributed by atoms with Crippen LogP contribution in [0.15, 0.2) is 24.3 Å². The van der Waals surface area contributed by atoms with Gasteiger partial charge in [0.1, 0.15) is 11.6 Å². The Morgan fingerprint density at radius 1 is 1.05 bits per heavy atom. The maximum absolute atomic E-state index is 5.91. The molecule has 2 heterocycles. The highest BCUT2D eigenvalue weighted by Gasteiger charge is 2.11. The van der Waals surface area contributed by atoms with E-state index < -0.39 is 0 Å². The summed E-state index contributed by atoms with van der Waals surface area (Å²) in [5.41, 5.74) is 17.1. The summed E-state index contributed by atoms with van der Waals surface area (Å²) in [5.74, 6) is 1.23. The Kier molecular flexibility index (Phi) is 2.41. The molecule has 0 fully saturated rings. The lowest BCUT2D eigenvalue weighted by molar-refractivity contribution is 1.26. The second-order valence-corrected chi connectivity index (χ2v) is 4.70. The summed E-state index contributed by atoms with van der Waals surface area (Å²) in [4.78, 5) is 11.9. The first kappa shape index (κ1) is 11.5. The fourth-order valence-corrected chi connectivity index (χ4v) is 2.17. The summed E-state index contributed by atoms with van der Waals surface area (Å²) in [7, 11) is 0. The van der Waals surface area contributed by atoms with Crippen LogP contribution in [0, 0.1) is 13.8 Å². The van der Waals surface area contributed by atoms with Crippen molar-refractivity contribution in [2.45, 2.75) is 13.8 Å². The number of anilines is 2. The molecule has 2 aromatic heterocycles. The Balaban J connectivity index is 2.24. The van der Waals surface area contributed by atoms with Crippen LogP contribution < -0.4 is 11.5 Å². The van der Waals surface area contributed by atoms with Gasteiger partial charge in [0.25, 0.3) is 0 Å². The fraction of sp³-hybridized carbons (Fsp3) is 0.143. The number of H-pyrrole nitrogens is 1. The monoisotopic (exact) mass is 253 g/mol. The van der Waals surface area contributed by atoms with Gasteiger partial charge in [-0.15, -0.1) is 0 Å². The Bertz CT molecular complexity index is 773. The van der Waals surface area contributed by atoms with Crippen LogP contribution in [0.5, 0.6) is 0 Å². The minimum Gasteiger partial charge on any atom is -0.399 e. The molecule has 3 aromatic rings. The summed E-state index contributed by atoms with van der Waals surface area (Å²) in [6.07, 6.45) is 0. The number of rotatable bonds is 1. The number of aromatic nitrogens is 3. The minimum absolute atomic E-state index is 0.464. The molecule has 0 saturated carbocycles. The highest BCUT2D eigenvalue weighted by molar-refractivity contribution is 5.79. The van der Waals surface area contributed by atoms with Crippen molar-refractivity contribution in [2.24, 2.45) is 0 Å². The van der Waals surface area contributed by atoms with Crippen molar-refractivity contribution in [3.63, 3.8) is 0 Å². The molecule has 5 heteroatoms. The molecule has 0 unspecified atom stereocenters. The van der Waals surface area contributed by atoms with Gasteiger partial charge >= 0.3 is 0 Å². The van der Waals surface area contributed by atoms with Gasteiger partial charge < -0.3 is 16.5 Å². The standard InChI is InChI=1S/C14H15N5/c1-7-5-9(15)6-10(8(7)2)13-17-11-3-4-12(16)18-14(11)19-13/h3-6H,15H2,1-2H3,(H3,16,17,18,19). The number of imidazole rings is 1. The number of nitrogens with zero attached hydrogens (tertiary/aromatic N) is 2. The number of hydrogen-bond donors (Lipinski definition) is 3. The van der Waals surface area contributed by atoms with Crippen LogP contribution >= 0.6 is 0 Å². The predicted molar refractivity (Wildman–Crippen MR) is 77.6 cm³/mol. The number of nitrogens with two attached hydrogens (primary N) is 2. The summed E-state index contributed by atoms with van der Waals surface area (Å²) in [5, 5.41) is 0. The molecule has 5 nitrogen and oxygen atoms in total. The van der Waals surface area contributed by atoms with E-state index in [1.807, 2.05) is 25.1 Å². The van der Waals surface area contributed by atoms with E-state index >= 15 is 0 Å². The molecular weight excluding hydrogens is 238 g/mol. The molecule has 0 saturated heterocycles. The van der Waals surface area contributed by atoms with Crippen molar-refractivity contribution in [1.29, 1.82) is 0 Å². The Morgan fingerprint density at radius 3 is 2.63 bits per heavy atom. The normalized spacial score (nSPS) is 11.1. The summed E-state index contributed by atoms with van der Waals surface area (Å²) in [6, 6.07) is 7.51. The molecule has 0 radical (unpaired) electrons. The number of fused-ring (bicyclic) bond motifs is 1. The zero-order valence-corrected chi connectivity index (χ0v) is 10.9. The van der Waals surface area contributed by atoms with Gasteiger partial charge in [-0.3, -0.25) is 0 Å². The smallest absolute Gasteiger partial charge is 0.180 e. The quantitative estimate of drug-likeness (QED) is 0.580. The number of hydrogen-bond acceptors (Lipinski definition) is 4. The number of aryl methyl sites for hydroxylation is 1. The predicted octanol–water partition coefficient (Wildman–Crippen LogP) is 2.41. The molecule has 1 aromatic carbocycles. The lowest BCUT2D eigenvalue weighted by Gasteiger charge is -2.07. The summed E-state index contributed by atoms with van der Waals surface area (Å²) in [6.45, 7) is 4.09. The van der Waals surface area contributed by atoms with Crippen LogP contribution in [0.25, 0.3) is 22.6 Å². The van der Waals surface area contributed by atoms with Crippen LogP contribution in [0.4, 0.5) is 11.5 Å². The van der Waals surface area contributed by atoms with Crippen molar-refractivity contribution in [3.05, 3.63) is 35.4 Å². The first-order chi connectivity index (χ1) is 9.04. The number of benzene rings is 1. The Labute approximate surface area is 110 Å². The van der Waals surface area contributed by atoms with Crippen molar-refractivity contribution < 1.29 is 0 Å². The molecule has 0 aliphatic heterocycles. The van der Waals surface area contributed by atoms with E-state index in [2.05, 4.69) is 21.9 Å². The zero-order valence-electron chi connectivity index (χ0n) is 10.9. The summed E-state index contributed by atoms with van der Waals surface area (Å²) >= 11 is 0. The first-order valence-electron chi connectivity index (χ1n) is 6.04. The van der Waals surface area contributed by atoms with Gasteiger partial charge in [0.05, 0.1) is 5.52 Å². The fourth-order valence-electron chi connectivity index (χ4n) is 2.17. The SMILES string of the molecule is Cc1cc(N)cc(-c2nc3nc(N)ccc3[nH]2)c1C. The van der Waals surface area contributed by atoms with Crippen LogP contribution in [0.1, 0.15) is 11.1 Å². The van der Waals surface area contributed by atoms with Gasteiger partial charge in [-0.1, -0.05) is 0 Å². The van der Waals surface area contributed by atoms with Gasteiger partial charge in [0.2, 0.25) is 0 Å². The van der Waals surface area contributed by atoms with Crippen molar-refractivity contribution in [2.75, 3.05) is 11.5 Å². The molecule has 96 valence electrons. The van der Waals surface area contributed by atoms with Crippen LogP contribution in [0.3, 0.4) is 0 Å². The Hall–Kier alpha value is -2.56. The molecular formula is C14H15N5. The van der Waals surface area contributed by atoms with Gasteiger partial charge in [0.15, 0.2) is 5.65 Å². The van der Waals surface area contributed by atoms with Gasteiger partial charge in [-0.25, -0.2) is 9.97 Å². The molecule has 0 aliphatic rings. The average molecular weight is 253 g/mol. The number of aromatic amines is 1. The van der Waals surface area contributed by atoms with E-state index in [9.17, 15) is 0 Å². The Morgan fingerprint density at radius 2 is 1.84 bits per heavy atom. The lowest BCUT2D eigenvalue weighted by atomic mass is 10.0. The number of pyridine rings is 1. The highest BCUT2D eigenvalue weighted by atomic mass is 15.0. The van der Waals surface area contributed by atoms with E-state index in [4.69, 9.17) is 11.5 Å². The third-order valence-electron chi connectivity index (χ3n) is 3.31. The molecule has 0 bridgehead atoms. The van der Waals surface area contributed by atoms with Crippen molar-refractivity contribution in [3.8, 4) is 11.4 Å². The van der Waals surface area contributed by atoms with Gasteiger partial charge in [-0.05, 0) is 49.2 Å². The van der Waals surface area contributed by atoms with E-state index in [0.717, 1.165) is 33.7 Å². The first-order valence-corrected chi connectivity index (χ1v) is 6.04. The molecule has 0 spiro atoms. The minimum atomic E-state index is 0.464. The molecule has 19 heavy (non-hydrogen) atoms. The topological polar surface area (TPSA) is 93.6 Å². The van der Waals surface area contributed by atoms with Crippen molar-refractivity contribution in [1.82, 2.24) is 15.0 Å². The van der Waals surface area contributed by atoms with Crippen molar-refractivity contribution >= 4 is 22.7 Å².